The molecule has 2 heterocycles. The van der Waals surface area contributed by atoms with Crippen LogP contribution in [-0.4, -0.2) is 53.3 Å². The number of rotatable bonds is 6. The van der Waals surface area contributed by atoms with Gasteiger partial charge in [-0.05, 0) is 12.8 Å². The van der Waals surface area contributed by atoms with Crippen LogP contribution < -0.4 is 5.32 Å². The van der Waals surface area contributed by atoms with E-state index in [0.717, 1.165) is 55.8 Å². The predicted octanol–water partition coefficient (Wildman–Crippen LogP) is 2.10. The number of nitrogens with one attached hydrogen (secondary N) is 1. The van der Waals surface area contributed by atoms with Crippen LogP contribution in [0.15, 0.2) is 42.7 Å². The lowest BCUT2D eigenvalue weighted by molar-refractivity contribution is -0.0301. The van der Waals surface area contributed by atoms with Gasteiger partial charge in [-0.15, -0.1) is 0 Å². The van der Waals surface area contributed by atoms with E-state index in [1.54, 1.807) is 0 Å². The summed E-state index contributed by atoms with van der Waals surface area (Å²) in [5.41, 5.74) is 2.15. The van der Waals surface area contributed by atoms with Crippen LogP contribution in [0, 0.1) is 0 Å². The molecular weight excluding hydrogens is 300 g/mol. The van der Waals surface area contributed by atoms with Crippen molar-refractivity contribution >= 4 is 0 Å². The molecule has 0 unspecified atom stereocenters. The minimum Gasteiger partial charge on any atom is -0.374 e. The lowest BCUT2D eigenvalue weighted by Crippen LogP contribution is -2.47. The number of hydrogen-bond acceptors (Lipinski definition) is 5. The number of nitrogens with zero attached hydrogens (tertiary/aromatic N) is 3. The molecule has 0 amide bonds. The Kier molecular flexibility index (Phi) is 4.83. The fraction of sp³-hybridized carbons (Fsp3) is 0.474. The Hall–Kier alpha value is -1.82. The monoisotopic (exact) mass is 324 g/mol. The van der Waals surface area contributed by atoms with Gasteiger partial charge in [0.25, 0.3) is 0 Å². The molecule has 2 fully saturated rings. The van der Waals surface area contributed by atoms with E-state index in [1.807, 2.05) is 42.7 Å². The maximum Gasteiger partial charge on any atom is 0.159 e. The van der Waals surface area contributed by atoms with Gasteiger partial charge >= 0.3 is 0 Å². The minimum absolute atomic E-state index is 0.295. The SMILES string of the molecule is c1ccc(-c2ncc(CNC[C@@H]3CN(C4CC4)CCO3)cn2)cc1. The molecule has 4 rings (SSSR count). The Morgan fingerprint density at radius 2 is 1.92 bits per heavy atom. The van der Waals surface area contributed by atoms with E-state index >= 15 is 0 Å². The van der Waals surface area contributed by atoms with Crippen molar-refractivity contribution < 1.29 is 4.74 Å². The second-order valence-corrected chi connectivity index (χ2v) is 6.63. The zero-order chi connectivity index (χ0) is 16.2. The largest absolute Gasteiger partial charge is 0.374 e. The third-order valence-corrected chi connectivity index (χ3v) is 4.67. The van der Waals surface area contributed by atoms with Gasteiger partial charge in [-0.2, -0.15) is 0 Å². The van der Waals surface area contributed by atoms with Gasteiger partial charge in [0.2, 0.25) is 0 Å². The van der Waals surface area contributed by atoms with Crippen molar-refractivity contribution in [1.82, 2.24) is 20.2 Å². The van der Waals surface area contributed by atoms with Crippen LogP contribution in [0.2, 0.25) is 0 Å². The third-order valence-electron chi connectivity index (χ3n) is 4.67. The summed E-state index contributed by atoms with van der Waals surface area (Å²) in [4.78, 5) is 11.5. The van der Waals surface area contributed by atoms with Gasteiger partial charge in [-0.3, -0.25) is 4.90 Å². The Morgan fingerprint density at radius 1 is 1.12 bits per heavy atom. The van der Waals surface area contributed by atoms with E-state index in [1.165, 1.54) is 12.8 Å². The highest BCUT2D eigenvalue weighted by Crippen LogP contribution is 2.28. The first-order valence-electron chi connectivity index (χ1n) is 8.81. The highest BCUT2D eigenvalue weighted by molar-refractivity contribution is 5.53. The van der Waals surface area contributed by atoms with Crippen molar-refractivity contribution in [2.24, 2.45) is 0 Å². The van der Waals surface area contributed by atoms with Crippen LogP contribution in [0.25, 0.3) is 11.4 Å². The zero-order valence-electron chi connectivity index (χ0n) is 13.9. The summed E-state index contributed by atoms with van der Waals surface area (Å²) in [5.74, 6) is 0.773. The van der Waals surface area contributed by atoms with Gasteiger partial charge in [0.1, 0.15) is 0 Å². The first-order chi connectivity index (χ1) is 11.9. The second kappa shape index (κ2) is 7.38. The van der Waals surface area contributed by atoms with Crippen LogP contribution in [0.4, 0.5) is 0 Å². The molecule has 0 radical (unpaired) electrons. The molecule has 24 heavy (non-hydrogen) atoms. The summed E-state index contributed by atoms with van der Waals surface area (Å²) in [5, 5.41) is 3.48. The summed E-state index contributed by atoms with van der Waals surface area (Å²) in [6.45, 7) is 4.66. The number of morpholine rings is 1. The Bertz CT molecular complexity index is 642. The molecule has 2 aliphatic rings. The van der Waals surface area contributed by atoms with Crippen molar-refractivity contribution in [2.45, 2.75) is 31.5 Å². The smallest absolute Gasteiger partial charge is 0.159 e. The van der Waals surface area contributed by atoms with E-state index < -0.39 is 0 Å². The Morgan fingerprint density at radius 3 is 2.67 bits per heavy atom. The molecule has 1 N–H and O–H groups in total. The van der Waals surface area contributed by atoms with E-state index in [9.17, 15) is 0 Å². The van der Waals surface area contributed by atoms with Crippen molar-refractivity contribution in [1.29, 1.82) is 0 Å². The van der Waals surface area contributed by atoms with Crippen LogP contribution in [0.5, 0.6) is 0 Å². The predicted molar refractivity (Wildman–Crippen MR) is 93.5 cm³/mol. The molecule has 126 valence electrons. The van der Waals surface area contributed by atoms with Crippen molar-refractivity contribution in [2.75, 3.05) is 26.2 Å². The van der Waals surface area contributed by atoms with Gasteiger partial charge in [-0.25, -0.2) is 9.97 Å². The molecule has 0 spiro atoms. The molecule has 0 bridgehead atoms. The van der Waals surface area contributed by atoms with Crippen LogP contribution in [0.1, 0.15) is 18.4 Å². The number of aromatic nitrogens is 2. The van der Waals surface area contributed by atoms with E-state index in [4.69, 9.17) is 4.74 Å². The Balaban J connectivity index is 1.25. The normalized spacial score (nSPS) is 21.8. The molecule has 2 aromatic rings. The third kappa shape index (κ3) is 3.98. The van der Waals surface area contributed by atoms with Gasteiger partial charge in [0.05, 0.1) is 12.7 Å². The maximum atomic E-state index is 5.87. The average Bonchev–Trinajstić information content (AvgIpc) is 3.49. The van der Waals surface area contributed by atoms with Crippen LogP contribution in [0.3, 0.4) is 0 Å². The summed E-state index contributed by atoms with van der Waals surface area (Å²) < 4.78 is 5.87. The lowest BCUT2D eigenvalue weighted by atomic mass is 10.2. The number of ether oxygens (including phenoxy) is 1. The molecule has 1 saturated heterocycles. The second-order valence-electron chi connectivity index (χ2n) is 6.63. The van der Waals surface area contributed by atoms with Gasteiger partial charge in [-0.1, -0.05) is 30.3 Å². The standard InChI is InChI=1S/C19H24N4O/c1-2-4-16(5-3-1)19-21-11-15(12-22-19)10-20-13-18-14-23(8-9-24-18)17-6-7-17/h1-5,11-12,17-18,20H,6-10,13-14H2/t18-/m1/s1. The molecule has 5 heteroatoms. The highest BCUT2D eigenvalue weighted by Gasteiger charge is 2.32. The molecule has 1 aromatic heterocycles. The van der Waals surface area contributed by atoms with Gasteiger partial charge in [0.15, 0.2) is 5.82 Å². The number of hydrogen-bond donors (Lipinski definition) is 1. The van der Waals surface area contributed by atoms with Crippen molar-refractivity contribution in [3.63, 3.8) is 0 Å². The molecular formula is C19H24N4O. The maximum absolute atomic E-state index is 5.87. The minimum atomic E-state index is 0.295. The molecule has 1 aliphatic heterocycles. The van der Waals surface area contributed by atoms with Crippen molar-refractivity contribution in [3.8, 4) is 11.4 Å². The fourth-order valence-electron chi connectivity index (χ4n) is 3.20. The molecule has 1 atom stereocenters. The summed E-state index contributed by atoms with van der Waals surface area (Å²) in [6, 6.07) is 10.9. The van der Waals surface area contributed by atoms with E-state index in [2.05, 4.69) is 20.2 Å². The zero-order valence-corrected chi connectivity index (χ0v) is 13.9. The first-order valence-corrected chi connectivity index (χ1v) is 8.81. The number of benzene rings is 1. The first kappa shape index (κ1) is 15.7. The van der Waals surface area contributed by atoms with Crippen LogP contribution in [-0.2, 0) is 11.3 Å². The van der Waals surface area contributed by atoms with Crippen LogP contribution >= 0.6 is 0 Å². The van der Waals surface area contributed by atoms with Gasteiger partial charge in [0, 0.05) is 55.7 Å². The molecule has 1 saturated carbocycles. The van der Waals surface area contributed by atoms with Gasteiger partial charge < -0.3 is 10.1 Å². The fourth-order valence-corrected chi connectivity index (χ4v) is 3.20. The van der Waals surface area contributed by atoms with Crippen molar-refractivity contribution in [3.05, 3.63) is 48.3 Å². The summed E-state index contributed by atoms with van der Waals surface area (Å²) in [7, 11) is 0. The highest BCUT2D eigenvalue weighted by atomic mass is 16.5. The summed E-state index contributed by atoms with van der Waals surface area (Å²) in [6.07, 6.45) is 6.83. The van der Waals surface area contributed by atoms with E-state index in [0.29, 0.717) is 6.10 Å². The molecule has 1 aliphatic carbocycles. The topological polar surface area (TPSA) is 50.3 Å². The van der Waals surface area contributed by atoms with E-state index in [-0.39, 0.29) is 0 Å². The lowest BCUT2D eigenvalue weighted by Gasteiger charge is -2.33. The molecule has 1 aromatic carbocycles. The molecule has 5 nitrogen and oxygen atoms in total. The average molecular weight is 324 g/mol. The summed E-state index contributed by atoms with van der Waals surface area (Å²) >= 11 is 0. The quantitative estimate of drug-likeness (QED) is 0.882. The Labute approximate surface area is 143 Å².